The predicted molar refractivity (Wildman–Crippen MR) is 128 cm³/mol. The summed E-state index contributed by atoms with van der Waals surface area (Å²) < 4.78 is 22.2. The summed E-state index contributed by atoms with van der Waals surface area (Å²) in [6.45, 7) is 2.18. The van der Waals surface area contributed by atoms with Crippen LogP contribution in [0.1, 0.15) is 44.6 Å². The normalized spacial score (nSPS) is 21.9. The third-order valence-corrected chi connectivity index (χ3v) is 6.99. The molecule has 33 heavy (non-hydrogen) atoms. The third kappa shape index (κ3) is 4.76. The first kappa shape index (κ1) is 22.3. The van der Waals surface area contributed by atoms with Gasteiger partial charge in [-0.1, -0.05) is 17.7 Å². The summed E-state index contributed by atoms with van der Waals surface area (Å²) in [5.41, 5.74) is 7.59. The van der Waals surface area contributed by atoms with Crippen molar-refractivity contribution in [2.75, 3.05) is 30.4 Å². The zero-order valence-corrected chi connectivity index (χ0v) is 19.2. The number of benzene rings is 1. The number of hydrogen-bond acceptors (Lipinski definition) is 7. The molecule has 0 amide bonds. The summed E-state index contributed by atoms with van der Waals surface area (Å²) in [4.78, 5) is 14.1. The van der Waals surface area contributed by atoms with Crippen molar-refractivity contribution in [2.24, 2.45) is 11.7 Å². The fourth-order valence-electron chi connectivity index (χ4n) is 4.78. The van der Waals surface area contributed by atoms with Gasteiger partial charge in [0.2, 0.25) is 11.9 Å². The van der Waals surface area contributed by atoms with E-state index in [1.54, 1.807) is 18.3 Å². The standard InChI is InChI=1S/C23H29ClFN7O/c24-17-2-1-3-18(20(17)25)29-23-30-19-13-27-22(28-15-8-10-33-11-9-15)31-21(19)32(23)16-6-4-14(12-26)5-7-16/h1-3,13-16H,4-12,26H2,(H,29,30)(H,27,28,31)/t14-,16-. The smallest absolute Gasteiger partial charge is 0.224 e. The molecule has 1 saturated heterocycles. The molecule has 2 aromatic heterocycles. The first-order valence-corrected chi connectivity index (χ1v) is 12.0. The minimum absolute atomic E-state index is 0.0638. The maximum atomic E-state index is 14.6. The van der Waals surface area contributed by atoms with E-state index in [4.69, 9.17) is 32.0 Å². The van der Waals surface area contributed by atoms with Crippen LogP contribution >= 0.6 is 11.6 Å². The zero-order valence-electron chi connectivity index (χ0n) is 18.4. The van der Waals surface area contributed by atoms with Gasteiger partial charge in [0, 0.05) is 25.3 Å². The van der Waals surface area contributed by atoms with Crippen LogP contribution in [0.5, 0.6) is 0 Å². The minimum atomic E-state index is -0.502. The summed E-state index contributed by atoms with van der Waals surface area (Å²) in [7, 11) is 0. The van der Waals surface area contributed by atoms with Crippen LogP contribution in [0.25, 0.3) is 11.2 Å². The molecule has 0 bridgehead atoms. The SMILES string of the molecule is NC[C@H]1CC[C@H](n2c(Nc3cccc(Cl)c3F)nc3cnc(NC4CCOCC4)nc32)CC1. The number of ether oxygens (including phenoxy) is 1. The van der Waals surface area contributed by atoms with Gasteiger partial charge in [0.05, 0.1) is 16.9 Å². The second kappa shape index (κ2) is 9.79. The molecule has 4 N–H and O–H groups in total. The van der Waals surface area contributed by atoms with Gasteiger partial charge in [-0.3, -0.25) is 4.57 Å². The number of nitrogens with two attached hydrogens (primary N) is 1. The number of hydrogen-bond donors (Lipinski definition) is 3. The van der Waals surface area contributed by atoms with Crippen molar-refractivity contribution in [1.82, 2.24) is 19.5 Å². The molecule has 1 aliphatic heterocycles. The van der Waals surface area contributed by atoms with Gasteiger partial charge >= 0.3 is 0 Å². The monoisotopic (exact) mass is 473 g/mol. The second-order valence-electron chi connectivity index (χ2n) is 8.88. The van der Waals surface area contributed by atoms with E-state index in [0.717, 1.165) is 57.4 Å². The van der Waals surface area contributed by atoms with Crippen molar-refractivity contribution in [3.63, 3.8) is 0 Å². The fraction of sp³-hybridized carbons (Fsp3) is 0.522. The van der Waals surface area contributed by atoms with Crippen LogP contribution in [-0.2, 0) is 4.74 Å². The number of rotatable bonds is 6. The van der Waals surface area contributed by atoms with E-state index < -0.39 is 5.82 Å². The molecule has 0 radical (unpaired) electrons. The van der Waals surface area contributed by atoms with Gasteiger partial charge in [-0.2, -0.15) is 4.98 Å². The van der Waals surface area contributed by atoms with E-state index in [1.807, 2.05) is 0 Å². The fourth-order valence-corrected chi connectivity index (χ4v) is 4.95. The molecular formula is C23H29ClFN7O. The Morgan fingerprint density at radius 1 is 1.12 bits per heavy atom. The van der Waals surface area contributed by atoms with Crippen molar-refractivity contribution in [1.29, 1.82) is 0 Å². The van der Waals surface area contributed by atoms with E-state index >= 15 is 0 Å². The number of imidazole rings is 1. The van der Waals surface area contributed by atoms with Crippen molar-refractivity contribution < 1.29 is 9.13 Å². The van der Waals surface area contributed by atoms with E-state index in [0.29, 0.717) is 29.9 Å². The molecule has 10 heteroatoms. The first-order chi connectivity index (χ1) is 16.1. The predicted octanol–water partition coefficient (Wildman–Crippen LogP) is 4.64. The van der Waals surface area contributed by atoms with Crippen molar-refractivity contribution in [2.45, 2.75) is 50.6 Å². The molecular weight excluding hydrogens is 445 g/mol. The highest BCUT2D eigenvalue weighted by Gasteiger charge is 2.27. The van der Waals surface area contributed by atoms with Crippen LogP contribution in [0.3, 0.4) is 0 Å². The lowest BCUT2D eigenvalue weighted by atomic mass is 9.86. The molecule has 2 fully saturated rings. The number of nitrogens with zero attached hydrogens (tertiary/aromatic N) is 4. The van der Waals surface area contributed by atoms with Crippen molar-refractivity contribution in [3.8, 4) is 0 Å². The third-order valence-electron chi connectivity index (χ3n) is 6.70. The lowest BCUT2D eigenvalue weighted by Crippen LogP contribution is -2.28. The Bertz CT molecular complexity index is 1110. The van der Waals surface area contributed by atoms with Crippen LogP contribution in [0, 0.1) is 11.7 Å². The zero-order chi connectivity index (χ0) is 22.8. The Morgan fingerprint density at radius 3 is 2.67 bits per heavy atom. The molecule has 3 heterocycles. The Kier molecular flexibility index (Phi) is 6.62. The van der Waals surface area contributed by atoms with Gasteiger partial charge in [0.25, 0.3) is 0 Å². The maximum absolute atomic E-state index is 14.6. The highest BCUT2D eigenvalue weighted by Crippen LogP contribution is 2.37. The molecule has 1 aromatic carbocycles. The van der Waals surface area contributed by atoms with Crippen LogP contribution < -0.4 is 16.4 Å². The lowest BCUT2D eigenvalue weighted by Gasteiger charge is -2.30. The summed E-state index contributed by atoms with van der Waals surface area (Å²) in [5.74, 6) is 1.15. The van der Waals surface area contributed by atoms with Crippen LogP contribution in [0.2, 0.25) is 5.02 Å². The molecule has 176 valence electrons. The summed E-state index contributed by atoms with van der Waals surface area (Å²) >= 11 is 6.00. The van der Waals surface area contributed by atoms with Crippen LogP contribution in [0.4, 0.5) is 22.0 Å². The van der Waals surface area contributed by atoms with Crippen LogP contribution in [0.15, 0.2) is 24.4 Å². The molecule has 0 atom stereocenters. The quantitative estimate of drug-likeness (QED) is 0.479. The molecule has 0 spiro atoms. The average molecular weight is 474 g/mol. The average Bonchev–Trinajstić information content (AvgIpc) is 3.20. The largest absolute Gasteiger partial charge is 0.381 e. The molecule has 1 aliphatic carbocycles. The lowest BCUT2D eigenvalue weighted by molar-refractivity contribution is 0.0903. The van der Waals surface area contributed by atoms with E-state index in [2.05, 4.69) is 20.2 Å². The number of halogens is 2. The number of fused-ring (bicyclic) bond motifs is 1. The number of aromatic nitrogens is 4. The minimum Gasteiger partial charge on any atom is -0.381 e. The van der Waals surface area contributed by atoms with Gasteiger partial charge in [0.1, 0.15) is 5.52 Å². The molecule has 8 nitrogen and oxygen atoms in total. The van der Waals surface area contributed by atoms with Crippen molar-refractivity contribution in [3.05, 3.63) is 35.2 Å². The number of anilines is 3. The summed E-state index contributed by atoms with van der Waals surface area (Å²) in [6, 6.07) is 5.36. The molecule has 0 unspecified atom stereocenters. The van der Waals surface area contributed by atoms with Gasteiger partial charge in [0.15, 0.2) is 11.5 Å². The Morgan fingerprint density at radius 2 is 1.91 bits per heavy atom. The maximum Gasteiger partial charge on any atom is 0.224 e. The van der Waals surface area contributed by atoms with E-state index in [1.165, 1.54) is 6.07 Å². The highest BCUT2D eigenvalue weighted by molar-refractivity contribution is 6.31. The summed E-state index contributed by atoms with van der Waals surface area (Å²) in [6.07, 6.45) is 7.59. The Hall–Kier alpha value is -2.49. The molecule has 1 saturated carbocycles. The van der Waals surface area contributed by atoms with Crippen molar-refractivity contribution >= 4 is 40.3 Å². The molecule has 3 aromatic rings. The van der Waals surface area contributed by atoms with Gasteiger partial charge in [-0.05, 0) is 63.1 Å². The Balaban J connectivity index is 1.51. The number of nitrogens with one attached hydrogen (secondary N) is 2. The summed E-state index contributed by atoms with van der Waals surface area (Å²) in [5, 5.41) is 6.66. The molecule has 2 aliphatic rings. The van der Waals surface area contributed by atoms with Gasteiger partial charge in [-0.25, -0.2) is 14.4 Å². The topological polar surface area (TPSA) is 103 Å². The van der Waals surface area contributed by atoms with Crippen LogP contribution in [-0.4, -0.2) is 45.3 Å². The Labute approximate surface area is 197 Å². The van der Waals surface area contributed by atoms with Gasteiger partial charge < -0.3 is 21.1 Å². The second-order valence-corrected chi connectivity index (χ2v) is 9.28. The highest BCUT2D eigenvalue weighted by atomic mass is 35.5. The molecule has 5 rings (SSSR count). The first-order valence-electron chi connectivity index (χ1n) is 11.6. The van der Waals surface area contributed by atoms with E-state index in [9.17, 15) is 4.39 Å². The van der Waals surface area contributed by atoms with E-state index in [-0.39, 0.29) is 22.8 Å². The van der Waals surface area contributed by atoms with Gasteiger partial charge in [-0.15, -0.1) is 0 Å².